The number of piperazine rings is 1. The molecule has 140 valence electrons. The van der Waals surface area contributed by atoms with E-state index >= 15 is 0 Å². The number of aryl methyl sites for hydroxylation is 1. The number of aromatic nitrogens is 3. The summed E-state index contributed by atoms with van der Waals surface area (Å²) in [6.45, 7) is 5.71. The third kappa shape index (κ3) is 3.76. The monoisotopic (exact) mass is 365 g/mol. The summed E-state index contributed by atoms with van der Waals surface area (Å²) in [5.74, 6) is 1.48. The number of anilines is 2. The number of fused-ring (bicyclic) bond motifs is 1. The Balaban J connectivity index is 1.59. The number of nitrogen functional groups attached to an aromatic ring is 1. The Morgan fingerprint density at radius 3 is 2.70 bits per heavy atom. The number of hydrazine groups is 1. The van der Waals surface area contributed by atoms with E-state index < -0.39 is 0 Å². The highest BCUT2D eigenvalue weighted by Crippen LogP contribution is 2.33. The molecule has 0 saturated carbocycles. The van der Waals surface area contributed by atoms with Crippen molar-refractivity contribution >= 4 is 22.4 Å². The van der Waals surface area contributed by atoms with Crippen molar-refractivity contribution in [1.82, 2.24) is 24.9 Å². The Kier molecular flexibility index (Phi) is 4.74. The van der Waals surface area contributed by atoms with Crippen LogP contribution in [0.3, 0.4) is 0 Å². The number of nitrogens with one attached hydrogen (secondary N) is 1. The predicted molar refractivity (Wildman–Crippen MR) is 106 cm³/mol. The smallest absolute Gasteiger partial charge is 0.248 e. The summed E-state index contributed by atoms with van der Waals surface area (Å²) in [6.07, 6.45) is 1.45. The molecule has 0 bridgehead atoms. The van der Waals surface area contributed by atoms with E-state index in [9.17, 15) is 0 Å². The summed E-state index contributed by atoms with van der Waals surface area (Å²) in [7, 11) is 2.11. The molecule has 0 spiro atoms. The van der Waals surface area contributed by atoms with Crippen LogP contribution in [0.25, 0.3) is 10.9 Å². The summed E-state index contributed by atoms with van der Waals surface area (Å²) in [4.78, 5) is 15.4. The lowest BCUT2D eigenvalue weighted by molar-refractivity contribution is 0.178. The Bertz CT molecular complexity index is 954. The lowest BCUT2D eigenvalue weighted by Crippen LogP contribution is -2.47. The molecule has 4 rings (SSSR count). The van der Waals surface area contributed by atoms with Crippen LogP contribution in [0, 0.1) is 6.92 Å². The summed E-state index contributed by atoms with van der Waals surface area (Å²) in [6, 6.07) is 9.79. The van der Waals surface area contributed by atoms with Gasteiger partial charge >= 0.3 is 0 Å². The van der Waals surface area contributed by atoms with Crippen molar-refractivity contribution < 1.29 is 4.74 Å². The molecule has 0 amide bonds. The van der Waals surface area contributed by atoms with Gasteiger partial charge in [0.25, 0.3) is 0 Å². The van der Waals surface area contributed by atoms with E-state index in [-0.39, 0.29) is 0 Å². The lowest BCUT2D eigenvalue weighted by Gasteiger charge is -2.32. The summed E-state index contributed by atoms with van der Waals surface area (Å²) in [5.41, 5.74) is 11.6. The van der Waals surface area contributed by atoms with Gasteiger partial charge in [0, 0.05) is 37.3 Å². The first kappa shape index (κ1) is 17.4. The lowest BCUT2D eigenvalue weighted by atomic mass is 10.2. The Morgan fingerprint density at radius 2 is 1.89 bits per heavy atom. The summed E-state index contributed by atoms with van der Waals surface area (Å²) in [5, 5.41) is 3.10. The Morgan fingerprint density at radius 1 is 1.07 bits per heavy atom. The molecule has 1 fully saturated rings. The maximum Gasteiger partial charge on any atom is 0.248 e. The maximum absolute atomic E-state index is 6.28. The first-order chi connectivity index (χ1) is 13.1. The SMILES string of the molecule is Cc1ccc2cccc(Oc3ncnc(NN4CCN(C)CC4)c3N)c2n1. The number of rotatable bonds is 4. The van der Waals surface area contributed by atoms with Gasteiger partial charge in [-0.3, -0.25) is 0 Å². The molecule has 2 aromatic heterocycles. The van der Waals surface area contributed by atoms with Crippen molar-refractivity contribution in [2.75, 3.05) is 44.4 Å². The van der Waals surface area contributed by atoms with E-state index in [1.165, 1.54) is 6.33 Å². The second-order valence-electron chi connectivity index (χ2n) is 6.73. The van der Waals surface area contributed by atoms with E-state index in [1.807, 2.05) is 37.3 Å². The first-order valence-electron chi connectivity index (χ1n) is 8.95. The van der Waals surface area contributed by atoms with Gasteiger partial charge in [-0.25, -0.2) is 15.0 Å². The van der Waals surface area contributed by atoms with Gasteiger partial charge in [0.2, 0.25) is 5.88 Å². The van der Waals surface area contributed by atoms with Crippen LogP contribution in [0.1, 0.15) is 5.69 Å². The van der Waals surface area contributed by atoms with Crippen LogP contribution >= 0.6 is 0 Å². The molecule has 0 aliphatic carbocycles. The van der Waals surface area contributed by atoms with Crippen molar-refractivity contribution in [1.29, 1.82) is 0 Å². The molecular weight excluding hydrogens is 342 g/mol. The van der Waals surface area contributed by atoms with Crippen LogP contribution in [0.15, 0.2) is 36.7 Å². The number of hydrogen-bond donors (Lipinski definition) is 2. The molecule has 1 aliphatic rings. The molecule has 8 nitrogen and oxygen atoms in total. The van der Waals surface area contributed by atoms with Crippen molar-refractivity contribution in [3.63, 3.8) is 0 Å². The minimum Gasteiger partial charge on any atom is -0.435 e. The zero-order chi connectivity index (χ0) is 18.8. The highest BCUT2D eigenvalue weighted by molar-refractivity contribution is 5.85. The fourth-order valence-electron chi connectivity index (χ4n) is 3.02. The maximum atomic E-state index is 6.28. The van der Waals surface area contributed by atoms with Gasteiger partial charge in [-0.15, -0.1) is 0 Å². The second kappa shape index (κ2) is 7.34. The average molecular weight is 365 g/mol. The number of likely N-dealkylation sites (N-methyl/N-ethyl adjacent to an activating group) is 1. The van der Waals surface area contributed by atoms with Gasteiger partial charge in [-0.1, -0.05) is 18.2 Å². The van der Waals surface area contributed by atoms with E-state index in [0.29, 0.717) is 23.1 Å². The number of nitrogens with two attached hydrogens (primary N) is 1. The number of ether oxygens (including phenoxy) is 1. The van der Waals surface area contributed by atoms with Crippen LogP contribution in [0.2, 0.25) is 0 Å². The first-order valence-corrected chi connectivity index (χ1v) is 8.95. The van der Waals surface area contributed by atoms with E-state index in [0.717, 1.165) is 42.8 Å². The van der Waals surface area contributed by atoms with Crippen LogP contribution < -0.4 is 15.9 Å². The quantitative estimate of drug-likeness (QED) is 0.727. The normalized spacial score (nSPS) is 15.8. The van der Waals surface area contributed by atoms with Crippen LogP contribution in [-0.2, 0) is 0 Å². The molecule has 1 aromatic carbocycles. The van der Waals surface area contributed by atoms with Crippen molar-refractivity contribution in [3.8, 4) is 11.6 Å². The molecule has 27 heavy (non-hydrogen) atoms. The number of para-hydroxylation sites is 1. The topological polar surface area (TPSA) is 92.4 Å². The second-order valence-corrected chi connectivity index (χ2v) is 6.73. The summed E-state index contributed by atoms with van der Waals surface area (Å²) >= 11 is 0. The van der Waals surface area contributed by atoms with Gasteiger partial charge in [-0.05, 0) is 26.1 Å². The molecule has 1 saturated heterocycles. The van der Waals surface area contributed by atoms with E-state index in [2.05, 4.69) is 37.3 Å². The van der Waals surface area contributed by atoms with Gasteiger partial charge in [-0.2, -0.15) is 4.98 Å². The highest BCUT2D eigenvalue weighted by Gasteiger charge is 2.17. The number of pyridine rings is 1. The van der Waals surface area contributed by atoms with Crippen molar-refractivity contribution in [2.45, 2.75) is 6.92 Å². The Labute approximate surface area is 158 Å². The molecule has 0 atom stereocenters. The zero-order valence-electron chi connectivity index (χ0n) is 15.5. The highest BCUT2D eigenvalue weighted by atomic mass is 16.5. The van der Waals surface area contributed by atoms with E-state index in [1.54, 1.807) is 0 Å². The Hall–Kier alpha value is -2.97. The average Bonchev–Trinajstić information content (AvgIpc) is 2.67. The molecule has 8 heteroatoms. The third-order valence-electron chi connectivity index (χ3n) is 4.64. The molecule has 3 heterocycles. The minimum atomic E-state index is 0.317. The molecule has 0 unspecified atom stereocenters. The van der Waals surface area contributed by atoms with Gasteiger partial charge < -0.3 is 20.8 Å². The number of benzene rings is 1. The minimum absolute atomic E-state index is 0.317. The number of hydrogen-bond acceptors (Lipinski definition) is 8. The van der Waals surface area contributed by atoms with Crippen LogP contribution in [0.5, 0.6) is 11.6 Å². The van der Waals surface area contributed by atoms with Crippen molar-refractivity contribution in [2.24, 2.45) is 0 Å². The zero-order valence-corrected chi connectivity index (χ0v) is 15.5. The summed E-state index contributed by atoms with van der Waals surface area (Å²) < 4.78 is 6.02. The standard InChI is InChI=1S/C19H23N7O/c1-13-6-7-14-4-3-5-15(17(14)23-13)27-19-16(20)18(21-12-22-19)24-26-10-8-25(2)9-11-26/h3-7,12H,8-11,20H2,1-2H3,(H,21,22,24). The van der Waals surface area contributed by atoms with Gasteiger partial charge in [0.15, 0.2) is 11.6 Å². The fraction of sp³-hybridized carbons (Fsp3) is 0.316. The molecule has 3 N–H and O–H groups in total. The molecule has 3 aromatic rings. The number of nitrogens with zero attached hydrogens (tertiary/aromatic N) is 5. The largest absolute Gasteiger partial charge is 0.435 e. The molecular formula is C19H23N7O. The van der Waals surface area contributed by atoms with Gasteiger partial charge in [0.05, 0.1) is 0 Å². The molecule has 0 radical (unpaired) electrons. The van der Waals surface area contributed by atoms with Crippen molar-refractivity contribution in [3.05, 3.63) is 42.4 Å². The van der Waals surface area contributed by atoms with E-state index in [4.69, 9.17) is 10.5 Å². The van der Waals surface area contributed by atoms with Crippen LogP contribution in [-0.4, -0.2) is 58.1 Å². The third-order valence-corrected chi connectivity index (χ3v) is 4.64. The molecule has 1 aliphatic heterocycles. The fourth-order valence-corrected chi connectivity index (χ4v) is 3.02. The van der Waals surface area contributed by atoms with Gasteiger partial charge in [0.1, 0.15) is 17.5 Å². The predicted octanol–water partition coefficient (Wildman–Crippen LogP) is 2.28. The van der Waals surface area contributed by atoms with Crippen LogP contribution in [0.4, 0.5) is 11.5 Å².